The number of carbonyl (C=O) groups excluding carboxylic acids is 2. The number of benzene rings is 1. The van der Waals surface area contributed by atoms with Gasteiger partial charge in [0.1, 0.15) is 5.75 Å². The highest BCUT2D eigenvalue weighted by Gasteiger charge is 2.12. The second kappa shape index (κ2) is 5.18. The number of ether oxygens (including phenoxy) is 1. The first-order chi connectivity index (χ1) is 7.45. The molecule has 0 atom stereocenters. The molecule has 1 amide bonds. The lowest BCUT2D eigenvalue weighted by Gasteiger charge is -2.09. The molecule has 1 aromatic rings. The normalized spacial score (nSPS) is 9.75. The van der Waals surface area contributed by atoms with Crippen LogP contribution in [0.4, 0.5) is 5.69 Å². The highest BCUT2D eigenvalue weighted by Crippen LogP contribution is 2.33. The van der Waals surface area contributed by atoms with Gasteiger partial charge in [0.05, 0.1) is 22.8 Å². The molecule has 4 nitrogen and oxygen atoms in total. The molecule has 0 unspecified atom stereocenters. The smallest absolute Gasteiger partial charge is 0.291 e. The molecule has 86 valence electrons. The minimum Gasteiger partial charge on any atom is -0.495 e. The molecular formula is C10H9Cl2NO3. The maximum absolute atomic E-state index is 11.1. The Bertz CT molecular complexity index is 446. The second-order valence-electron chi connectivity index (χ2n) is 2.98. The monoisotopic (exact) mass is 261 g/mol. The number of rotatable bonds is 3. The van der Waals surface area contributed by atoms with Gasteiger partial charge in [0.2, 0.25) is 5.78 Å². The number of hydrogen-bond donors (Lipinski definition) is 1. The lowest BCUT2D eigenvalue weighted by Crippen LogP contribution is -2.19. The van der Waals surface area contributed by atoms with Crippen molar-refractivity contribution in [2.75, 3.05) is 12.4 Å². The maximum atomic E-state index is 11.1. The molecule has 0 aromatic heterocycles. The van der Waals surface area contributed by atoms with Crippen molar-refractivity contribution >= 4 is 40.6 Å². The van der Waals surface area contributed by atoms with Gasteiger partial charge >= 0.3 is 0 Å². The molecule has 0 fully saturated rings. The van der Waals surface area contributed by atoms with E-state index in [0.29, 0.717) is 10.8 Å². The highest BCUT2D eigenvalue weighted by molar-refractivity contribution is 6.42. The van der Waals surface area contributed by atoms with E-state index in [9.17, 15) is 9.59 Å². The summed E-state index contributed by atoms with van der Waals surface area (Å²) < 4.78 is 4.94. The van der Waals surface area contributed by atoms with Crippen LogP contribution in [0.1, 0.15) is 6.92 Å². The van der Waals surface area contributed by atoms with Gasteiger partial charge in [-0.25, -0.2) is 0 Å². The standard InChI is InChI=1S/C10H9Cl2NO3/c1-5(14)10(15)13-8-3-7(12)9(16-2)4-6(8)11/h3-4H,1-2H3,(H,13,15). The molecule has 0 bridgehead atoms. The third-order valence-corrected chi connectivity index (χ3v) is 2.42. The van der Waals surface area contributed by atoms with E-state index in [4.69, 9.17) is 27.9 Å². The largest absolute Gasteiger partial charge is 0.495 e. The number of halogens is 2. The van der Waals surface area contributed by atoms with Crippen LogP contribution in [0.5, 0.6) is 5.75 Å². The van der Waals surface area contributed by atoms with E-state index in [-0.39, 0.29) is 10.7 Å². The maximum Gasteiger partial charge on any atom is 0.291 e. The molecule has 0 spiro atoms. The average molecular weight is 262 g/mol. The van der Waals surface area contributed by atoms with E-state index < -0.39 is 11.7 Å². The zero-order chi connectivity index (χ0) is 12.3. The van der Waals surface area contributed by atoms with Crippen LogP contribution in [0.3, 0.4) is 0 Å². The predicted molar refractivity (Wildman–Crippen MR) is 62.3 cm³/mol. The molecule has 1 aromatic carbocycles. The molecule has 6 heteroatoms. The number of Topliss-reactive ketones (excluding diaryl/α,β-unsaturated/α-hetero) is 1. The molecule has 0 aliphatic heterocycles. The zero-order valence-electron chi connectivity index (χ0n) is 8.64. The van der Waals surface area contributed by atoms with Crippen LogP contribution < -0.4 is 10.1 Å². The summed E-state index contributed by atoms with van der Waals surface area (Å²) in [6, 6.07) is 2.88. The highest BCUT2D eigenvalue weighted by atomic mass is 35.5. The van der Waals surface area contributed by atoms with Gasteiger partial charge < -0.3 is 10.1 Å². The van der Waals surface area contributed by atoms with Gasteiger partial charge in [-0.05, 0) is 6.07 Å². The number of amides is 1. The fourth-order valence-electron chi connectivity index (χ4n) is 0.991. The Morgan fingerprint density at radius 2 is 1.88 bits per heavy atom. The van der Waals surface area contributed by atoms with Gasteiger partial charge in [-0.3, -0.25) is 9.59 Å². The van der Waals surface area contributed by atoms with Crippen LogP contribution in [0, 0.1) is 0 Å². The van der Waals surface area contributed by atoms with Gasteiger partial charge in [0.15, 0.2) is 0 Å². The molecular weight excluding hydrogens is 253 g/mol. The van der Waals surface area contributed by atoms with Crippen molar-refractivity contribution in [1.29, 1.82) is 0 Å². The summed E-state index contributed by atoms with van der Waals surface area (Å²) in [6.07, 6.45) is 0. The van der Waals surface area contributed by atoms with E-state index in [1.165, 1.54) is 19.2 Å². The van der Waals surface area contributed by atoms with E-state index in [2.05, 4.69) is 5.32 Å². The third-order valence-electron chi connectivity index (χ3n) is 1.81. The van der Waals surface area contributed by atoms with Crippen molar-refractivity contribution in [1.82, 2.24) is 0 Å². The SMILES string of the molecule is COc1cc(Cl)c(NC(=O)C(C)=O)cc1Cl. The first kappa shape index (κ1) is 12.8. The molecule has 16 heavy (non-hydrogen) atoms. The van der Waals surface area contributed by atoms with Crippen LogP contribution in [0.25, 0.3) is 0 Å². The third kappa shape index (κ3) is 2.87. The summed E-state index contributed by atoms with van der Waals surface area (Å²) in [5.74, 6) is -0.960. The molecule has 1 rings (SSSR count). The lowest BCUT2D eigenvalue weighted by molar-refractivity contribution is -0.133. The number of anilines is 1. The molecule has 0 radical (unpaired) electrons. The van der Waals surface area contributed by atoms with Crippen molar-refractivity contribution in [2.24, 2.45) is 0 Å². The number of nitrogens with one attached hydrogen (secondary N) is 1. The minimum absolute atomic E-state index is 0.246. The number of carbonyl (C=O) groups is 2. The van der Waals surface area contributed by atoms with Gasteiger partial charge in [0.25, 0.3) is 5.91 Å². The molecule has 0 aliphatic carbocycles. The van der Waals surface area contributed by atoms with Crippen molar-refractivity contribution in [3.05, 3.63) is 22.2 Å². The van der Waals surface area contributed by atoms with Crippen molar-refractivity contribution < 1.29 is 14.3 Å². The topological polar surface area (TPSA) is 55.4 Å². The molecule has 0 saturated heterocycles. The summed E-state index contributed by atoms with van der Waals surface area (Å²) in [4.78, 5) is 21.9. The molecule has 0 saturated carbocycles. The minimum atomic E-state index is -0.747. The Hall–Kier alpha value is -1.26. The van der Waals surface area contributed by atoms with Crippen molar-refractivity contribution in [2.45, 2.75) is 6.92 Å². The van der Waals surface area contributed by atoms with E-state index >= 15 is 0 Å². The first-order valence-electron chi connectivity index (χ1n) is 4.30. The lowest BCUT2D eigenvalue weighted by atomic mass is 10.3. The summed E-state index contributed by atoms with van der Waals surface area (Å²) in [5, 5.41) is 2.88. The Morgan fingerprint density at radius 1 is 1.25 bits per heavy atom. The van der Waals surface area contributed by atoms with Crippen LogP contribution in [-0.2, 0) is 9.59 Å². The second-order valence-corrected chi connectivity index (χ2v) is 3.79. The van der Waals surface area contributed by atoms with E-state index in [1.54, 1.807) is 0 Å². The number of methoxy groups -OCH3 is 1. The number of ketones is 1. The van der Waals surface area contributed by atoms with E-state index in [0.717, 1.165) is 6.92 Å². The Kier molecular flexibility index (Phi) is 4.15. The van der Waals surface area contributed by atoms with Crippen LogP contribution in [-0.4, -0.2) is 18.8 Å². The fraction of sp³-hybridized carbons (Fsp3) is 0.200. The summed E-state index contributed by atoms with van der Waals surface area (Å²) in [7, 11) is 1.45. The Morgan fingerprint density at radius 3 is 2.38 bits per heavy atom. The van der Waals surface area contributed by atoms with Gasteiger partial charge in [-0.1, -0.05) is 23.2 Å². The molecule has 1 N–H and O–H groups in total. The van der Waals surface area contributed by atoms with Crippen molar-refractivity contribution in [3.8, 4) is 5.75 Å². The van der Waals surface area contributed by atoms with Crippen LogP contribution in [0.15, 0.2) is 12.1 Å². The van der Waals surface area contributed by atoms with Gasteiger partial charge in [-0.2, -0.15) is 0 Å². The Labute approximate surface area is 102 Å². The quantitative estimate of drug-likeness (QED) is 0.851. The summed E-state index contributed by atoms with van der Waals surface area (Å²) in [6.45, 7) is 1.16. The van der Waals surface area contributed by atoms with Crippen LogP contribution >= 0.6 is 23.2 Å². The van der Waals surface area contributed by atoms with Gasteiger partial charge in [0, 0.05) is 13.0 Å². The average Bonchev–Trinajstić information content (AvgIpc) is 2.22. The molecule has 0 aliphatic rings. The van der Waals surface area contributed by atoms with Crippen LogP contribution in [0.2, 0.25) is 10.0 Å². The fourth-order valence-corrected chi connectivity index (χ4v) is 1.43. The first-order valence-corrected chi connectivity index (χ1v) is 5.06. The van der Waals surface area contributed by atoms with E-state index in [1.807, 2.05) is 0 Å². The van der Waals surface area contributed by atoms with Crippen molar-refractivity contribution in [3.63, 3.8) is 0 Å². The summed E-state index contributed by atoms with van der Waals surface area (Å²) in [5.41, 5.74) is 0.271. The summed E-state index contributed by atoms with van der Waals surface area (Å²) >= 11 is 11.7. The number of hydrogen-bond acceptors (Lipinski definition) is 3. The molecule has 0 heterocycles. The zero-order valence-corrected chi connectivity index (χ0v) is 10.1. The predicted octanol–water partition coefficient (Wildman–Crippen LogP) is 2.53. The van der Waals surface area contributed by atoms with Gasteiger partial charge in [-0.15, -0.1) is 0 Å². The Balaban J connectivity index is 3.02.